The van der Waals surface area contributed by atoms with Crippen LogP contribution in [0.1, 0.15) is 50.7 Å². The van der Waals surface area contributed by atoms with Crippen LogP contribution in [-0.2, 0) is 16.1 Å². The number of benzene rings is 2. The van der Waals surface area contributed by atoms with Crippen molar-refractivity contribution >= 4 is 5.91 Å². The van der Waals surface area contributed by atoms with Crippen LogP contribution in [0, 0.1) is 5.92 Å². The second-order valence-electron chi connectivity index (χ2n) is 8.97. The lowest BCUT2D eigenvalue weighted by Gasteiger charge is -2.42. The Morgan fingerprint density at radius 2 is 1.81 bits per heavy atom. The average molecular weight is 426 g/mol. The Labute approximate surface area is 186 Å². The Balaban J connectivity index is 1.72. The molecular formula is C26H35NO4. The van der Waals surface area contributed by atoms with Crippen molar-refractivity contribution in [2.75, 3.05) is 27.4 Å². The van der Waals surface area contributed by atoms with Crippen LogP contribution in [0.25, 0.3) is 0 Å². The van der Waals surface area contributed by atoms with E-state index in [1.807, 2.05) is 29.2 Å². The molecule has 1 fully saturated rings. The smallest absolute Gasteiger partial charge is 0.219 e. The summed E-state index contributed by atoms with van der Waals surface area (Å²) in [5.74, 6) is 2.26. The number of hydrogen-bond acceptors (Lipinski definition) is 4. The highest BCUT2D eigenvalue weighted by Gasteiger charge is 2.36. The summed E-state index contributed by atoms with van der Waals surface area (Å²) in [5, 5.41) is 0. The van der Waals surface area contributed by atoms with E-state index >= 15 is 0 Å². The van der Waals surface area contributed by atoms with Gasteiger partial charge in [-0.1, -0.05) is 36.4 Å². The minimum Gasteiger partial charge on any atom is -0.493 e. The van der Waals surface area contributed by atoms with E-state index in [0.29, 0.717) is 36.4 Å². The van der Waals surface area contributed by atoms with E-state index < -0.39 is 0 Å². The van der Waals surface area contributed by atoms with Gasteiger partial charge in [-0.05, 0) is 55.9 Å². The number of nitrogens with zero attached hydrogens (tertiary/aromatic N) is 1. The topological polar surface area (TPSA) is 48.0 Å². The van der Waals surface area contributed by atoms with E-state index in [2.05, 4.69) is 38.1 Å². The fourth-order valence-electron chi connectivity index (χ4n) is 4.52. The molecule has 5 heteroatoms. The van der Waals surface area contributed by atoms with Gasteiger partial charge in [-0.2, -0.15) is 0 Å². The van der Waals surface area contributed by atoms with E-state index in [-0.39, 0.29) is 11.5 Å². The summed E-state index contributed by atoms with van der Waals surface area (Å²) in [6.45, 7) is 7.95. The molecule has 1 aliphatic heterocycles. The summed E-state index contributed by atoms with van der Waals surface area (Å²) in [7, 11) is 3.25. The first-order chi connectivity index (χ1) is 14.8. The molecule has 0 radical (unpaired) electrons. The zero-order valence-corrected chi connectivity index (χ0v) is 19.4. The molecule has 3 rings (SSSR count). The number of rotatable bonds is 8. The number of hydrogen-bond donors (Lipinski definition) is 0. The van der Waals surface area contributed by atoms with Gasteiger partial charge in [0.05, 0.1) is 26.4 Å². The molecule has 1 aliphatic rings. The van der Waals surface area contributed by atoms with E-state index in [1.165, 1.54) is 5.56 Å². The number of methoxy groups -OCH3 is 2. The van der Waals surface area contributed by atoms with Gasteiger partial charge < -0.3 is 19.1 Å². The highest BCUT2D eigenvalue weighted by Crippen LogP contribution is 2.40. The van der Waals surface area contributed by atoms with Crippen LogP contribution in [-0.4, -0.2) is 43.8 Å². The van der Waals surface area contributed by atoms with Crippen molar-refractivity contribution in [3.8, 4) is 11.5 Å². The maximum atomic E-state index is 12.4. The fourth-order valence-corrected chi connectivity index (χ4v) is 4.52. The summed E-state index contributed by atoms with van der Waals surface area (Å²) in [4.78, 5) is 14.3. The third kappa shape index (κ3) is 6.01. The van der Waals surface area contributed by atoms with Crippen LogP contribution in [0.15, 0.2) is 48.5 Å². The Bertz CT molecular complexity index is 865. The van der Waals surface area contributed by atoms with E-state index in [0.717, 1.165) is 25.0 Å². The number of carbonyl (C=O) groups excluding carboxylic acids is 1. The van der Waals surface area contributed by atoms with Gasteiger partial charge in [0.25, 0.3) is 0 Å². The molecule has 168 valence electrons. The van der Waals surface area contributed by atoms with Gasteiger partial charge in [0.2, 0.25) is 5.91 Å². The molecule has 0 aromatic heterocycles. The maximum absolute atomic E-state index is 12.4. The maximum Gasteiger partial charge on any atom is 0.219 e. The lowest BCUT2D eigenvalue weighted by atomic mass is 9.76. The summed E-state index contributed by atoms with van der Waals surface area (Å²) in [5.41, 5.74) is 2.21. The predicted octanol–water partition coefficient (Wildman–Crippen LogP) is 5.04. The first-order valence-electron chi connectivity index (χ1n) is 11.0. The van der Waals surface area contributed by atoms with Crippen LogP contribution in [0.5, 0.6) is 11.5 Å². The van der Waals surface area contributed by atoms with Crippen molar-refractivity contribution in [1.82, 2.24) is 4.90 Å². The molecule has 31 heavy (non-hydrogen) atoms. The summed E-state index contributed by atoms with van der Waals surface area (Å²) in [6.07, 6.45) is 1.92. The number of carbonyl (C=O) groups is 1. The zero-order valence-electron chi connectivity index (χ0n) is 19.4. The van der Waals surface area contributed by atoms with Gasteiger partial charge in [-0.25, -0.2) is 0 Å². The molecule has 1 saturated heterocycles. The van der Waals surface area contributed by atoms with Gasteiger partial charge in [-0.15, -0.1) is 0 Å². The number of amides is 1. The minimum absolute atomic E-state index is 0.0809. The molecule has 0 saturated carbocycles. The summed E-state index contributed by atoms with van der Waals surface area (Å²) >= 11 is 0. The molecule has 2 aromatic carbocycles. The number of ether oxygens (including phenoxy) is 3. The molecule has 0 N–H and O–H groups in total. The highest BCUT2D eigenvalue weighted by atomic mass is 16.5. The first-order valence-corrected chi connectivity index (χ1v) is 11.0. The van der Waals surface area contributed by atoms with Gasteiger partial charge >= 0.3 is 0 Å². The van der Waals surface area contributed by atoms with Crippen LogP contribution in [0.3, 0.4) is 0 Å². The van der Waals surface area contributed by atoms with Gasteiger partial charge in [-0.3, -0.25) is 4.79 Å². The summed E-state index contributed by atoms with van der Waals surface area (Å²) in [6, 6.07) is 16.4. The van der Waals surface area contributed by atoms with Crippen LogP contribution in [0.4, 0.5) is 0 Å². The second kappa shape index (κ2) is 10.2. The van der Waals surface area contributed by atoms with E-state index in [4.69, 9.17) is 14.2 Å². The lowest BCUT2D eigenvalue weighted by Crippen LogP contribution is -2.40. The molecular weight excluding hydrogens is 390 g/mol. The van der Waals surface area contributed by atoms with Crippen molar-refractivity contribution in [1.29, 1.82) is 0 Å². The standard InChI is InChI=1S/C26H35NO4/c1-19(28)27(17-20-11-12-24(29-4)25(15-20)30-5)14-13-22-16-26(2,3)31-18-23(22)21-9-7-6-8-10-21/h6-12,15,22-23H,13-14,16-18H2,1-5H3/t22-,23-/m0/s1. The molecule has 0 bridgehead atoms. The molecule has 1 amide bonds. The Kier molecular flexibility index (Phi) is 7.60. The minimum atomic E-state index is -0.139. The normalized spacial score (nSPS) is 20.2. The molecule has 1 heterocycles. The Morgan fingerprint density at radius 3 is 2.45 bits per heavy atom. The third-order valence-corrected chi connectivity index (χ3v) is 6.24. The largest absolute Gasteiger partial charge is 0.493 e. The van der Waals surface area contributed by atoms with Crippen LogP contribution >= 0.6 is 0 Å². The Hall–Kier alpha value is -2.53. The highest BCUT2D eigenvalue weighted by molar-refractivity contribution is 5.73. The summed E-state index contributed by atoms with van der Waals surface area (Å²) < 4.78 is 16.9. The zero-order chi connectivity index (χ0) is 22.4. The quantitative estimate of drug-likeness (QED) is 0.594. The van der Waals surface area contributed by atoms with Crippen molar-refractivity contribution in [3.63, 3.8) is 0 Å². The van der Waals surface area contributed by atoms with Crippen molar-refractivity contribution in [3.05, 3.63) is 59.7 Å². The van der Waals surface area contributed by atoms with Crippen molar-refractivity contribution < 1.29 is 19.0 Å². The van der Waals surface area contributed by atoms with Crippen molar-refractivity contribution in [2.45, 2.75) is 51.7 Å². The fraction of sp³-hybridized carbons (Fsp3) is 0.500. The van der Waals surface area contributed by atoms with Crippen LogP contribution in [0.2, 0.25) is 0 Å². The van der Waals surface area contributed by atoms with Crippen molar-refractivity contribution in [2.24, 2.45) is 5.92 Å². The second-order valence-corrected chi connectivity index (χ2v) is 8.97. The van der Waals surface area contributed by atoms with E-state index in [1.54, 1.807) is 21.1 Å². The van der Waals surface area contributed by atoms with Crippen LogP contribution < -0.4 is 9.47 Å². The van der Waals surface area contributed by atoms with E-state index in [9.17, 15) is 4.79 Å². The molecule has 2 atom stereocenters. The SMILES string of the molecule is COc1ccc(CN(CC[C@H]2CC(C)(C)OC[C@H]2c2ccccc2)C(C)=O)cc1OC. The molecule has 0 unspecified atom stereocenters. The lowest BCUT2D eigenvalue weighted by molar-refractivity contribution is -0.130. The predicted molar refractivity (Wildman–Crippen MR) is 123 cm³/mol. The Morgan fingerprint density at radius 1 is 1.10 bits per heavy atom. The molecule has 0 spiro atoms. The third-order valence-electron chi connectivity index (χ3n) is 6.24. The molecule has 2 aromatic rings. The van der Waals surface area contributed by atoms with Gasteiger partial charge in [0, 0.05) is 25.9 Å². The van der Waals surface area contributed by atoms with Gasteiger partial charge in [0.15, 0.2) is 11.5 Å². The average Bonchev–Trinajstić information content (AvgIpc) is 2.76. The molecule has 0 aliphatic carbocycles. The monoisotopic (exact) mass is 425 g/mol. The first kappa shape index (κ1) is 23.1. The molecule has 5 nitrogen and oxygen atoms in total. The van der Waals surface area contributed by atoms with Gasteiger partial charge in [0.1, 0.15) is 0 Å².